The van der Waals surface area contributed by atoms with Gasteiger partial charge in [-0.2, -0.15) is 10.2 Å². The highest BCUT2D eigenvalue weighted by Gasteiger charge is 2.11. The van der Waals surface area contributed by atoms with Gasteiger partial charge in [0.05, 0.1) is 18.0 Å². The van der Waals surface area contributed by atoms with Crippen LogP contribution in [0.2, 0.25) is 0 Å². The molecule has 120 valence electrons. The van der Waals surface area contributed by atoms with Gasteiger partial charge in [-0.3, -0.25) is 9.89 Å². The minimum atomic E-state index is -1.00. The molecule has 0 unspecified atom stereocenters. The third-order valence-corrected chi connectivity index (χ3v) is 3.13. The van der Waals surface area contributed by atoms with Crippen LogP contribution in [0.5, 0.6) is 0 Å². The van der Waals surface area contributed by atoms with E-state index in [1.165, 1.54) is 24.6 Å². The Labute approximate surface area is 135 Å². The van der Waals surface area contributed by atoms with Crippen molar-refractivity contribution in [3.63, 3.8) is 0 Å². The van der Waals surface area contributed by atoms with Crippen LogP contribution in [0.4, 0.5) is 0 Å². The first-order valence-corrected chi connectivity index (χ1v) is 6.89. The molecule has 1 amide bonds. The molecular formula is C16H12N4O4. The van der Waals surface area contributed by atoms with Crippen molar-refractivity contribution in [3.05, 3.63) is 65.5 Å². The minimum absolute atomic E-state index is 0.166. The van der Waals surface area contributed by atoms with Gasteiger partial charge >= 0.3 is 5.97 Å². The number of H-pyrrole nitrogens is 1. The molecule has 0 bridgehead atoms. The zero-order valence-corrected chi connectivity index (χ0v) is 12.3. The van der Waals surface area contributed by atoms with Gasteiger partial charge in [0.25, 0.3) is 5.91 Å². The van der Waals surface area contributed by atoms with Crippen molar-refractivity contribution in [2.75, 3.05) is 0 Å². The van der Waals surface area contributed by atoms with E-state index in [4.69, 9.17) is 9.52 Å². The second-order valence-electron chi connectivity index (χ2n) is 4.77. The quantitative estimate of drug-likeness (QED) is 0.490. The van der Waals surface area contributed by atoms with E-state index in [0.717, 1.165) is 0 Å². The lowest BCUT2D eigenvalue weighted by molar-refractivity contribution is 0.0696. The first kappa shape index (κ1) is 15.2. The normalized spacial score (nSPS) is 10.8. The molecule has 0 radical (unpaired) electrons. The molecule has 0 saturated carbocycles. The Morgan fingerprint density at radius 2 is 2.04 bits per heavy atom. The topological polar surface area (TPSA) is 121 Å². The predicted octanol–water partition coefficient (Wildman–Crippen LogP) is 2.13. The number of benzene rings is 1. The van der Waals surface area contributed by atoms with Crippen LogP contribution in [0.25, 0.3) is 11.5 Å². The molecule has 0 fully saturated rings. The molecule has 0 aliphatic carbocycles. The van der Waals surface area contributed by atoms with Crippen molar-refractivity contribution in [2.45, 2.75) is 0 Å². The van der Waals surface area contributed by atoms with E-state index >= 15 is 0 Å². The van der Waals surface area contributed by atoms with Crippen molar-refractivity contribution >= 4 is 18.1 Å². The maximum Gasteiger partial charge on any atom is 0.335 e. The van der Waals surface area contributed by atoms with Crippen LogP contribution in [0.15, 0.2) is 58.2 Å². The summed E-state index contributed by atoms with van der Waals surface area (Å²) < 4.78 is 5.20. The summed E-state index contributed by atoms with van der Waals surface area (Å²) in [6.07, 6.45) is 2.93. The summed E-state index contributed by atoms with van der Waals surface area (Å²) in [5.74, 6) is -0.913. The molecule has 8 heteroatoms. The number of aromatic carboxylic acids is 1. The highest BCUT2D eigenvalue weighted by atomic mass is 16.4. The second kappa shape index (κ2) is 6.61. The number of aromatic nitrogens is 2. The lowest BCUT2D eigenvalue weighted by atomic mass is 10.1. The lowest BCUT2D eigenvalue weighted by Gasteiger charge is -1.96. The standard InChI is InChI=1S/C16H12N4O4/c21-15(13-8-12(18-19-13)14-2-1-7-24-14)20-17-9-10-3-5-11(6-4-10)16(22)23/h1-9H,(H,18,19)(H,20,21)(H,22,23). The Balaban J connectivity index is 1.62. The number of carbonyl (C=O) groups excluding carboxylic acids is 1. The third-order valence-electron chi connectivity index (χ3n) is 3.13. The molecule has 1 aromatic carbocycles. The second-order valence-corrected chi connectivity index (χ2v) is 4.77. The maximum absolute atomic E-state index is 11.9. The van der Waals surface area contributed by atoms with Crippen molar-refractivity contribution < 1.29 is 19.1 Å². The van der Waals surface area contributed by atoms with Gasteiger partial charge in [0.2, 0.25) is 0 Å². The number of hydrogen-bond acceptors (Lipinski definition) is 5. The van der Waals surface area contributed by atoms with Crippen LogP contribution >= 0.6 is 0 Å². The monoisotopic (exact) mass is 324 g/mol. The van der Waals surface area contributed by atoms with Gasteiger partial charge in [-0.15, -0.1) is 0 Å². The largest absolute Gasteiger partial charge is 0.478 e. The van der Waals surface area contributed by atoms with E-state index in [0.29, 0.717) is 17.0 Å². The van der Waals surface area contributed by atoms with E-state index in [9.17, 15) is 9.59 Å². The number of nitrogens with zero attached hydrogens (tertiary/aromatic N) is 2. The fourth-order valence-corrected chi connectivity index (χ4v) is 1.93. The number of nitrogens with one attached hydrogen (secondary N) is 2. The molecular weight excluding hydrogens is 312 g/mol. The van der Waals surface area contributed by atoms with Crippen molar-refractivity contribution in [3.8, 4) is 11.5 Å². The van der Waals surface area contributed by atoms with E-state index in [-0.39, 0.29) is 11.3 Å². The lowest BCUT2D eigenvalue weighted by Crippen LogP contribution is -2.18. The summed E-state index contributed by atoms with van der Waals surface area (Å²) in [5.41, 5.74) is 3.92. The summed E-state index contributed by atoms with van der Waals surface area (Å²) in [6, 6.07) is 11.1. The Hall–Kier alpha value is -3.68. The fraction of sp³-hybridized carbons (Fsp3) is 0. The third kappa shape index (κ3) is 3.38. The SMILES string of the molecule is O=C(O)c1ccc(C=NNC(=O)c2cc(-c3ccco3)[nH]n2)cc1. The maximum atomic E-state index is 11.9. The van der Waals surface area contributed by atoms with E-state index in [1.54, 1.807) is 30.3 Å². The van der Waals surface area contributed by atoms with Crippen molar-refractivity contribution in [2.24, 2.45) is 5.10 Å². The number of carboxylic acid groups (broad SMARTS) is 1. The summed E-state index contributed by atoms with van der Waals surface area (Å²) >= 11 is 0. The summed E-state index contributed by atoms with van der Waals surface area (Å²) in [7, 11) is 0. The van der Waals surface area contributed by atoms with Crippen LogP contribution in [0.1, 0.15) is 26.4 Å². The average Bonchev–Trinajstić information content (AvgIpc) is 3.26. The smallest absolute Gasteiger partial charge is 0.335 e. The van der Waals surface area contributed by atoms with Crippen molar-refractivity contribution in [1.29, 1.82) is 0 Å². The average molecular weight is 324 g/mol. The van der Waals surface area contributed by atoms with Gasteiger partial charge in [0, 0.05) is 6.07 Å². The summed E-state index contributed by atoms with van der Waals surface area (Å²) in [6.45, 7) is 0. The number of rotatable bonds is 5. The van der Waals surface area contributed by atoms with E-state index in [2.05, 4.69) is 20.7 Å². The predicted molar refractivity (Wildman–Crippen MR) is 84.8 cm³/mol. The number of carbonyl (C=O) groups is 2. The van der Waals surface area contributed by atoms with Gasteiger partial charge in [-0.05, 0) is 29.8 Å². The minimum Gasteiger partial charge on any atom is -0.478 e. The van der Waals surface area contributed by atoms with Gasteiger partial charge in [-0.1, -0.05) is 12.1 Å². The molecule has 0 aliphatic heterocycles. The molecule has 2 aromatic heterocycles. The Morgan fingerprint density at radius 3 is 2.71 bits per heavy atom. The van der Waals surface area contributed by atoms with Crippen LogP contribution in [-0.4, -0.2) is 33.4 Å². The summed E-state index contributed by atoms with van der Waals surface area (Å²) in [5, 5.41) is 19.2. The Kier molecular flexibility index (Phi) is 4.19. The Morgan fingerprint density at radius 1 is 1.25 bits per heavy atom. The molecule has 3 rings (SSSR count). The molecule has 3 aromatic rings. The van der Waals surface area contributed by atoms with Crippen LogP contribution < -0.4 is 5.43 Å². The first-order valence-electron chi connectivity index (χ1n) is 6.89. The molecule has 0 aliphatic rings. The van der Waals surface area contributed by atoms with Crippen LogP contribution in [-0.2, 0) is 0 Å². The summed E-state index contributed by atoms with van der Waals surface area (Å²) in [4.78, 5) is 22.7. The molecule has 8 nitrogen and oxygen atoms in total. The highest BCUT2D eigenvalue weighted by molar-refractivity contribution is 5.94. The van der Waals surface area contributed by atoms with Crippen molar-refractivity contribution in [1.82, 2.24) is 15.6 Å². The number of furan rings is 1. The highest BCUT2D eigenvalue weighted by Crippen LogP contribution is 2.17. The molecule has 0 atom stereocenters. The zero-order valence-electron chi connectivity index (χ0n) is 12.3. The number of amides is 1. The molecule has 24 heavy (non-hydrogen) atoms. The number of carboxylic acids is 1. The van der Waals surface area contributed by atoms with Gasteiger partial charge in [-0.25, -0.2) is 10.2 Å². The van der Waals surface area contributed by atoms with E-state index in [1.807, 2.05) is 0 Å². The van der Waals surface area contributed by atoms with E-state index < -0.39 is 11.9 Å². The molecule has 0 saturated heterocycles. The van der Waals surface area contributed by atoms with Gasteiger partial charge in [0.15, 0.2) is 11.5 Å². The molecule has 0 spiro atoms. The van der Waals surface area contributed by atoms with Crippen LogP contribution in [0, 0.1) is 0 Å². The number of aromatic amines is 1. The zero-order chi connectivity index (χ0) is 16.9. The first-order chi connectivity index (χ1) is 11.6. The fourth-order valence-electron chi connectivity index (χ4n) is 1.93. The van der Waals surface area contributed by atoms with Crippen LogP contribution in [0.3, 0.4) is 0 Å². The number of hydrazone groups is 1. The van der Waals surface area contributed by atoms with Gasteiger partial charge < -0.3 is 9.52 Å². The molecule has 3 N–H and O–H groups in total. The van der Waals surface area contributed by atoms with Gasteiger partial charge in [0.1, 0.15) is 5.69 Å². The number of hydrogen-bond donors (Lipinski definition) is 3. The molecule has 2 heterocycles. The Bertz CT molecular complexity index is 879.